The lowest BCUT2D eigenvalue weighted by atomic mass is 10.1. The van der Waals surface area contributed by atoms with Gasteiger partial charge in [0.2, 0.25) is 0 Å². The standard InChI is InChI=1S/C17H17BrN2O2/c1-2-19-16(21)13-7-5-6-12(10-13)11-20-17(22)14-8-3-4-9-15(14)18/h3-10H,2,11H2,1H3,(H,19,21)(H,20,22). The van der Waals surface area contributed by atoms with Crippen LogP contribution in [0.2, 0.25) is 0 Å². The van der Waals surface area contributed by atoms with Gasteiger partial charge in [-0.25, -0.2) is 0 Å². The summed E-state index contributed by atoms with van der Waals surface area (Å²) in [5, 5.41) is 5.61. The molecule has 2 N–H and O–H groups in total. The van der Waals surface area contributed by atoms with Crippen LogP contribution in [-0.4, -0.2) is 18.4 Å². The van der Waals surface area contributed by atoms with Gasteiger partial charge in [0.05, 0.1) is 5.56 Å². The molecule has 2 rings (SSSR count). The Morgan fingerprint density at radius 3 is 2.50 bits per heavy atom. The van der Waals surface area contributed by atoms with Crippen LogP contribution in [-0.2, 0) is 6.54 Å². The molecule has 0 aliphatic heterocycles. The fourth-order valence-electron chi connectivity index (χ4n) is 2.01. The molecule has 0 radical (unpaired) electrons. The number of halogens is 1. The third-order valence-electron chi connectivity index (χ3n) is 3.10. The maximum absolute atomic E-state index is 12.1. The third kappa shape index (κ3) is 4.18. The van der Waals surface area contributed by atoms with E-state index < -0.39 is 0 Å². The minimum absolute atomic E-state index is 0.110. The molecule has 0 aromatic heterocycles. The van der Waals surface area contributed by atoms with Crippen LogP contribution in [0.15, 0.2) is 53.0 Å². The van der Waals surface area contributed by atoms with Crippen molar-refractivity contribution in [2.45, 2.75) is 13.5 Å². The Hall–Kier alpha value is -2.14. The molecule has 0 unspecified atom stereocenters. The zero-order valence-electron chi connectivity index (χ0n) is 12.2. The highest BCUT2D eigenvalue weighted by atomic mass is 79.9. The highest BCUT2D eigenvalue weighted by Gasteiger charge is 2.09. The predicted octanol–water partition coefficient (Wildman–Crippen LogP) is 3.13. The molecule has 5 heteroatoms. The maximum atomic E-state index is 12.1. The number of carbonyl (C=O) groups excluding carboxylic acids is 2. The van der Waals surface area contributed by atoms with Crippen molar-refractivity contribution in [3.8, 4) is 0 Å². The second-order valence-electron chi connectivity index (χ2n) is 4.72. The van der Waals surface area contributed by atoms with Gasteiger partial charge in [-0.2, -0.15) is 0 Å². The fourth-order valence-corrected chi connectivity index (χ4v) is 2.47. The van der Waals surface area contributed by atoms with Gasteiger partial charge in [-0.1, -0.05) is 24.3 Å². The molecular formula is C17H17BrN2O2. The van der Waals surface area contributed by atoms with E-state index in [4.69, 9.17) is 0 Å². The van der Waals surface area contributed by atoms with E-state index >= 15 is 0 Å². The van der Waals surface area contributed by atoms with Crippen LogP contribution in [0.1, 0.15) is 33.2 Å². The quantitative estimate of drug-likeness (QED) is 0.860. The van der Waals surface area contributed by atoms with Crippen molar-refractivity contribution < 1.29 is 9.59 Å². The van der Waals surface area contributed by atoms with Gasteiger partial charge >= 0.3 is 0 Å². The topological polar surface area (TPSA) is 58.2 Å². The monoisotopic (exact) mass is 360 g/mol. The molecule has 22 heavy (non-hydrogen) atoms. The molecule has 0 saturated carbocycles. The average Bonchev–Trinajstić information content (AvgIpc) is 2.53. The van der Waals surface area contributed by atoms with Gasteiger partial charge in [0.1, 0.15) is 0 Å². The Balaban J connectivity index is 2.03. The first-order valence-electron chi connectivity index (χ1n) is 7.01. The van der Waals surface area contributed by atoms with E-state index in [1.54, 1.807) is 18.2 Å². The Bertz CT molecular complexity index is 686. The summed E-state index contributed by atoms with van der Waals surface area (Å²) in [6.07, 6.45) is 0. The van der Waals surface area contributed by atoms with Gasteiger partial charge in [-0.3, -0.25) is 9.59 Å². The van der Waals surface area contributed by atoms with Gasteiger partial charge < -0.3 is 10.6 Å². The van der Waals surface area contributed by atoms with Crippen molar-refractivity contribution in [2.75, 3.05) is 6.54 Å². The first-order chi connectivity index (χ1) is 10.6. The van der Waals surface area contributed by atoms with Crippen LogP contribution in [0.4, 0.5) is 0 Å². The molecule has 0 heterocycles. The smallest absolute Gasteiger partial charge is 0.252 e. The predicted molar refractivity (Wildman–Crippen MR) is 89.8 cm³/mol. The van der Waals surface area contributed by atoms with E-state index in [-0.39, 0.29) is 11.8 Å². The van der Waals surface area contributed by atoms with Gasteiger partial charge in [0.15, 0.2) is 0 Å². The Labute approximate surface area is 138 Å². The summed E-state index contributed by atoms with van der Waals surface area (Å²) in [6, 6.07) is 14.5. The van der Waals surface area contributed by atoms with Gasteiger partial charge in [-0.15, -0.1) is 0 Å². The molecule has 0 saturated heterocycles. The van der Waals surface area contributed by atoms with E-state index in [0.717, 1.165) is 10.0 Å². The molecule has 0 fully saturated rings. The number of rotatable bonds is 5. The second kappa shape index (κ2) is 7.75. The summed E-state index contributed by atoms with van der Waals surface area (Å²) in [4.78, 5) is 23.9. The molecule has 0 aliphatic carbocycles. The van der Waals surface area contributed by atoms with Crippen LogP contribution in [0, 0.1) is 0 Å². The van der Waals surface area contributed by atoms with Crippen LogP contribution in [0.5, 0.6) is 0 Å². The van der Waals surface area contributed by atoms with E-state index in [9.17, 15) is 9.59 Å². The summed E-state index contributed by atoms with van der Waals surface area (Å²) in [5.74, 6) is -0.266. The summed E-state index contributed by atoms with van der Waals surface area (Å²) < 4.78 is 0.753. The summed E-state index contributed by atoms with van der Waals surface area (Å²) in [7, 11) is 0. The Morgan fingerprint density at radius 2 is 1.77 bits per heavy atom. The number of amides is 2. The van der Waals surface area contributed by atoms with E-state index in [2.05, 4.69) is 26.6 Å². The van der Waals surface area contributed by atoms with E-state index in [1.165, 1.54) is 0 Å². The minimum Gasteiger partial charge on any atom is -0.352 e. The molecular weight excluding hydrogens is 344 g/mol. The number of hydrogen-bond acceptors (Lipinski definition) is 2. The van der Waals surface area contributed by atoms with Crippen molar-refractivity contribution in [1.29, 1.82) is 0 Å². The van der Waals surface area contributed by atoms with Crippen molar-refractivity contribution in [3.63, 3.8) is 0 Å². The lowest BCUT2D eigenvalue weighted by molar-refractivity contribution is 0.0946. The maximum Gasteiger partial charge on any atom is 0.252 e. The first kappa shape index (κ1) is 16.2. The number of hydrogen-bond donors (Lipinski definition) is 2. The molecule has 2 amide bonds. The van der Waals surface area contributed by atoms with Crippen LogP contribution in [0.25, 0.3) is 0 Å². The Morgan fingerprint density at radius 1 is 1.00 bits per heavy atom. The van der Waals surface area contributed by atoms with Crippen molar-refractivity contribution in [2.24, 2.45) is 0 Å². The molecule has 2 aromatic carbocycles. The SMILES string of the molecule is CCNC(=O)c1cccc(CNC(=O)c2ccccc2Br)c1. The number of benzene rings is 2. The van der Waals surface area contributed by atoms with Crippen LogP contribution >= 0.6 is 15.9 Å². The molecule has 114 valence electrons. The summed E-state index contributed by atoms with van der Waals surface area (Å²) >= 11 is 3.36. The van der Waals surface area contributed by atoms with Crippen LogP contribution in [0.3, 0.4) is 0 Å². The van der Waals surface area contributed by atoms with Gasteiger partial charge in [-0.05, 0) is 52.7 Å². The van der Waals surface area contributed by atoms with Crippen molar-refractivity contribution >= 4 is 27.7 Å². The summed E-state index contributed by atoms with van der Waals surface area (Å²) in [6.45, 7) is 2.83. The van der Waals surface area contributed by atoms with E-state index in [1.807, 2.05) is 37.3 Å². The lowest BCUT2D eigenvalue weighted by Gasteiger charge is -2.08. The van der Waals surface area contributed by atoms with Crippen molar-refractivity contribution in [1.82, 2.24) is 10.6 Å². The summed E-state index contributed by atoms with van der Waals surface area (Å²) in [5.41, 5.74) is 2.06. The molecule has 0 aliphatic rings. The second-order valence-corrected chi connectivity index (χ2v) is 5.58. The Kier molecular flexibility index (Phi) is 5.72. The molecule has 4 nitrogen and oxygen atoms in total. The highest BCUT2D eigenvalue weighted by Crippen LogP contribution is 2.15. The molecule has 0 bridgehead atoms. The number of carbonyl (C=O) groups is 2. The zero-order chi connectivity index (χ0) is 15.9. The van der Waals surface area contributed by atoms with Gasteiger partial charge in [0.25, 0.3) is 11.8 Å². The zero-order valence-corrected chi connectivity index (χ0v) is 13.8. The molecule has 0 spiro atoms. The minimum atomic E-state index is -0.157. The van der Waals surface area contributed by atoms with Gasteiger partial charge in [0, 0.05) is 23.1 Å². The number of nitrogens with one attached hydrogen (secondary N) is 2. The van der Waals surface area contributed by atoms with E-state index in [0.29, 0.717) is 24.2 Å². The largest absolute Gasteiger partial charge is 0.352 e. The lowest BCUT2D eigenvalue weighted by Crippen LogP contribution is -2.24. The third-order valence-corrected chi connectivity index (χ3v) is 3.79. The van der Waals surface area contributed by atoms with Crippen LogP contribution < -0.4 is 10.6 Å². The molecule has 2 aromatic rings. The van der Waals surface area contributed by atoms with Crippen molar-refractivity contribution in [3.05, 3.63) is 69.7 Å². The fraction of sp³-hybridized carbons (Fsp3) is 0.176. The highest BCUT2D eigenvalue weighted by molar-refractivity contribution is 9.10. The normalized spacial score (nSPS) is 10.1. The average molecular weight is 361 g/mol. The first-order valence-corrected chi connectivity index (χ1v) is 7.81. The molecule has 0 atom stereocenters.